The molecule has 9 nitrogen and oxygen atoms in total. The van der Waals surface area contributed by atoms with Crippen molar-refractivity contribution in [2.75, 3.05) is 25.5 Å². The number of carbonyl (C=O) groups is 2. The van der Waals surface area contributed by atoms with Crippen molar-refractivity contribution in [3.8, 4) is 5.75 Å². The van der Waals surface area contributed by atoms with Crippen molar-refractivity contribution in [1.29, 1.82) is 0 Å². The number of sulfonamides is 1. The maximum Gasteiger partial charge on any atom is 0.263 e. The summed E-state index contributed by atoms with van der Waals surface area (Å²) in [5, 5.41) is 5.21. The van der Waals surface area contributed by atoms with Gasteiger partial charge in [0.1, 0.15) is 11.6 Å². The summed E-state index contributed by atoms with van der Waals surface area (Å²) in [7, 11) is -2.10. The molecular formula is C20H22N4O5S. The van der Waals surface area contributed by atoms with Crippen molar-refractivity contribution >= 4 is 33.4 Å². The highest BCUT2D eigenvalue weighted by Crippen LogP contribution is 2.25. The normalized spacial score (nSPS) is 15.2. The molecule has 10 heteroatoms. The lowest BCUT2D eigenvalue weighted by Crippen LogP contribution is -2.33. The number of amidine groups is 1. The van der Waals surface area contributed by atoms with Gasteiger partial charge in [-0.3, -0.25) is 19.3 Å². The van der Waals surface area contributed by atoms with E-state index in [1.807, 2.05) is 13.0 Å². The first kappa shape index (κ1) is 21.3. The second-order valence-corrected chi connectivity index (χ2v) is 8.26. The van der Waals surface area contributed by atoms with Gasteiger partial charge in [0.2, 0.25) is 11.8 Å². The van der Waals surface area contributed by atoms with Gasteiger partial charge < -0.3 is 15.4 Å². The molecule has 1 aliphatic heterocycles. The molecule has 0 radical (unpaired) electrons. The number of methoxy groups -OCH3 is 1. The molecule has 0 saturated carbocycles. The number of anilines is 1. The maximum atomic E-state index is 12.1. The van der Waals surface area contributed by atoms with Crippen LogP contribution in [0, 0.1) is 6.92 Å². The Morgan fingerprint density at radius 3 is 2.67 bits per heavy atom. The summed E-state index contributed by atoms with van der Waals surface area (Å²) < 4.78 is 31.6. The predicted molar refractivity (Wildman–Crippen MR) is 112 cm³/mol. The zero-order chi connectivity index (χ0) is 21.7. The molecule has 0 bridgehead atoms. The lowest BCUT2D eigenvalue weighted by molar-refractivity contribution is -0.124. The second kappa shape index (κ2) is 8.95. The van der Waals surface area contributed by atoms with Crippen LogP contribution in [0.5, 0.6) is 5.75 Å². The third kappa shape index (κ3) is 4.95. The molecule has 1 aliphatic rings. The molecule has 2 aromatic carbocycles. The number of benzene rings is 2. The fraction of sp³-hybridized carbons (Fsp3) is 0.250. The first-order valence-electron chi connectivity index (χ1n) is 9.18. The van der Waals surface area contributed by atoms with Crippen LogP contribution in [-0.4, -0.2) is 46.3 Å². The molecule has 0 atom stereocenters. The highest BCUT2D eigenvalue weighted by Gasteiger charge is 2.29. The first-order chi connectivity index (χ1) is 14.3. The molecule has 0 fully saturated rings. The lowest BCUT2D eigenvalue weighted by Gasteiger charge is -2.11. The van der Waals surface area contributed by atoms with Gasteiger partial charge in [-0.1, -0.05) is 18.2 Å². The van der Waals surface area contributed by atoms with Gasteiger partial charge in [-0.2, -0.15) is 0 Å². The van der Waals surface area contributed by atoms with Crippen molar-refractivity contribution in [2.45, 2.75) is 18.2 Å². The number of aliphatic imine (C=N–C) groups is 1. The van der Waals surface area contributed by atoms with E-state index in [0.29, 0.717) is 17.0 Å². The van der Waals surface area contributed by atoms with Crippen molar-refractivity contribution in [2.24, 2.45) is 4.99 Å². The summed E-state index contributed by atoms with van der Waals surface area (Å²) in [6.07, 6.45) is 0.00837. The van der Waals surface area contributed by atoms with E-state index >= 15 is 0 Å². The SMILES string of the molecule is COc1ccc(C)cc1NC(=O)CNC(=O)CCN=C1NS(=O)(=O)c2ccccc21. The molecule has 0 saturated heterocycles. The standard InChI is InChI=1S/C20H22N4O5S/c1-13-7-8-16(29-2)15(11-13)23-19(26)12-22-18(25)9-10-21-20-14-5-3-4-6-17(14)30(27,28)24-20/h3-8,11H,9-10,12H2,1-2H3,(H,21,24)(H,22,25)(H,23,26). The molecular weight excluding hydrogens is 408 g/mol. The lowest BCUT2D eigenvalue weighted by atomic mass is 10.2. The summed E-state index contributed by atoms with van der Waals surface area (Å²) in [4.78, 5) is 28.4. The molecule has 0 spiro atoms. The van der Waals surface area contributed by atoms with E-state index in [-0.39, 0.29) is 36.1 Å². The van der Waals surface area contributed by atoms with Crippen LogP contribution in [0.2, 0.25) is 0 Å². The highest BCUT2D eigenvalue weighted by atomic mass is 32.2. The predicted octanol–water partition coefficient (Wildman–Crippen LogP) is 1.19. The molecule has 1 heterocycles. The summed E-state index contributed by atoms with van der Waals surface area (Å²) in [5.74, 6) is -0.0334. The molecule has 158 valence electrons. The quantitative estimate of drug-likeness (QED) is 0.608. The summed E-state index contributed by atoms with van der Waals surface area (Å²) >= 11 is 0. The van der Waals surface area contributed by atoms with E-state index < -0.39 is 15.9 Å². The van der Waals surface area contributed by atoms with Crippen LogP contribution < -0.4 is 20.1 Å². The Morgan fingerprint density at radius 2 is 1.90 bits per heavy atom. The summed E-state index contributed by atoms with van der Waals surface area (Å²) in [5.41, 5.74) is 1.96. The third-order valence-electron chi connectivity index (χ3n) is 4.35. The van der Waals surface area contributed by atoms with Crippen LogP contribution in [0.1, 0.15) is 17.5 Å². The highest BCUT2D eigenvalue weighted by molar-refractivity contribution is 7.90. The smallest absolute Gasteiger partial charge is 0.263 e. The number of rotatable bonds is 7. The van der Waals surface area contributed by atoms with Crippen LogP contribution in [-0.2, 0) is 19.6 Å². The largest absolute Gasteiger partial charge is 0.495 e. The molecule has 2 amide bonds. The first-order valence-corrected chi connectivity index (χ1v) is 10.7. The minimum absolute atomic E-state index is 0.00837. The fourth-order valence-corrected chi connectivity index (χ4v) is 4.15. The van der Waals surface area contributed by atoms with Crippen molar-refractivity contribution in [3.63, 3.8) is 0 Å². The van der Waals surface area contributed by atoms with Crippen molar-refractivity contribution in [1.82, 2.24) is 10.0 Å². The number of fused-ring (bicyclic) bond motifs is 1. The van der Waals surface area contributed by atoms with Crippen LogP contribution in [0.25, 0.3) is 0 Å². The van der Waals surface area contributed by atoms with E-state index in [4.69, 9.17) is 4.74 Å². The van der Waals surface area contributed by atoms with Gasteiger partial charge >= 0.3 is 0 Å². The Balaban J connectivity index is 1.50. The fourth-order valence-electron chi connectivity index (χ4n) is 2.90. The minimum Gasteiger partial charge on any atom is -0.495 e. The van der Waals surface area contributed by atoms with Crippen LogP contribution in [0.15, 0.2) is 52.4 Å². The van der Waals surface area contributed by atoms with E-state index in [1.54, 1.807) is 30.3 Å². The number of aryl methyl sites for hydroxylation is 1. The molecule has 0 aromatic heterocycles. The number of carbonyl (C=O) groups excluding carboxylic acids is 2. The van der Waals surface area contributed by atoms with Gasteiger partial charge in [0, 0.05) is 12.0 Å². The Labute approximate surface area is 174 Å². The summed E-state index contributed by atoms with van der Waals surface area (Å²) in [6.45, 7) is 1.76. The van der Waals surface area contributed by atoms with Crippen LogP contribution >= 0.6 is 0 Å². The van der Waals surface area contributed by atoms with Gasteiger partial charge in [-0.25, -0.2) is 8.42 Å². The van der Waals surface area contributed by atoms with Gasteiger partial charge in [-0.15, -0.1) is 0 Å². The minimum atomic E-state index is -3.61. The van der Waals surface area contributed by atoms with Crippen molar-refractivity contribution in [3.05, 3.63) is 53.6 Å². The number of nitrogens with one attached hydrogen (secondary N) is 3. The van der Waals surface area contributed by atoms with Crippen molar-refractivity contribution < 1.29 is 22.7 Å². The second-order valence-electron chi connectivity index (χ2n) is 6.61. The van der Waals surface area contributed by atoms with Gasteiger partial charge in [-0.05, 0) is 36.8 Å². The Hall–Kier alpha value is -3.40. The zero-order valence-electron chi connectivity index (χ0n) is 16.6. The Kier molecular flexibility index (Phi) is 6.36. The van der Waals surface area contributed by atoms with E-state index in [1.165, 1.54) is 13.2 Å². The molecule has 0 unspecified atom stereocenters. The molecule has 3 N–H and O–H groups in total. The van der Waals surface area contributed by atoms with Gasteiger partial charge in [0.15, 0.2) is 0 Å². The monoisotopic (exact) mass is 430 g/mol. The van der Waals surface area contributed by atoms with E-state index in [0.717, 1.165) is 5.56 Å². The molecule has 3 rings (SSSR count). The van der Waals surface area contributed by atoms with Crippen LogP contribution in [0.4, 0.5) is 5.69 Å². The number of hydrogen-bond donors (Lipinski definition) is 3. The van der Waals surface area contributed by atoms with E-state index in [2.05, 4.69) is 20.3 Å². The van der Waals surface area contributed by atoms with Crippen LogP contribution in [0.3, 0.4) is 0 Å². The molecule has 2 aromatic rings. The maximum absolute atomic E-state index is 12.1. The van der Waals surface area contributed by atoms with E-state index in [9.17, 15) is 18.0 Å². The summed E-state index contributed by atoms with van der Waals surface area (Å²) in [6, 6.07) is 11.9. The average molecular weight is 430 g/mol. The number of ether oxygens (including phenoxy) is 1. The molecule has 30 heavy (non-hydrogen) atoms. The number of hydrogen-bond acceptors (Lipinski definition) is 6. The van der Waals surface area contributed by atoms with Gasteiger partial charge in [0.25, 0.3) is 10.0 Å². The third-order valence-corrected chi connectivity index (χ3v) is 5.74. The molecule has 0 aliphatic carbocycles. The average Bonchev–Trinajstić information content (AvgIpc) is 2.97. The number of nitrogens with zero attached hydrogens (tertiary/aromatic N) is 1. The van der Waals surface area contributed by atoms with Gasteiger partial charge in [0.05, 0.1) is 30.8 Å². The topological polar surface area (TPSA) is 126 Å². The number of amides is 2. The zero-order valence-corrected chi connectivity index (χ0v) is 17.4. The Bertz CT molecular complexity index is 1110. The Morgan fingerprint density at radius 1 is 1.13 bits per heavy atom.